The molecule has 0 atom stereocenters. The van der Waals surface area contributed by atoms with Gasteiger partial charge in [-0.2, -0.15) is 0 Å². The van der Waals surface area contributed by atoms with Crippen LogP contribution in [0.1, 0.15) is 91.9 Å². The Morgan fingerprint density at radius 1 is 0.517 bits per heavy atom. The molecule has 2 saturated carbocycles. The van der Waals surface area contributed by atoms with Crippen molar-refractivity contribution in [2.45, 2.75) is 103 Å². The van der Waals surface area contributed by atoms with Gasteiger partial charge in [-0.3, -0.25) is 0 Å². The van der Waals surface area contributed by atoms with E-state index < -0.39 is 0 Å². The molecular formula is C28H45N. The van der Waals surface area contributed by atoms with Crippen LogP contribution in [0.15, 0.2) is 36.5 Å². The van der Waals surface area contributed by atoms with Crippen LogP contribution < -0.4 is 5.32 Å². The topological polar surface area (TPSA) is 12.0 Å². The van der Waals surface area contributed by atoms with Crippen molar-refractivity contribution in [3.63, 3.8) is 0 Å². The van der Waals surface area contributed by atoms with Crippen molar-refractivity contribution in [2.75, 3.05) is 0 Å². The average molecular weight is 396 g/mol. The fraction of sp³-hybridized carbons (Fsp3) is 0.786. The molecule has 0 aromatic rings. The maximum absolute atomic E-state index is 3.88. The summed E-state index contributed by atoms with van der Waals surface area (Å²) in [6, 6.07) is 0. The Bertz CT molecular complexity index is 589. The fourth-order valence-electron chi connectivity index (χ4n) is 7.72. The lowest BCUT2D eigenvalue weighted by molar-refractivity contribution is 0.0572. The van der Waals surface area contributed by atoms with E-state index in [9.17, 15) is 0 Å². The van der Waals surface area contributed by atoms with Gasteiger partial charge in [-0.25, -0.2) is 0 Å². The summed E-state index contributed by atoms with van der Waals surface area (Å²) in [5, 5.41) is 3.88. The van der Waals surface area contributed by atoms with E-state index in [0.717, 1.165) is 29.6 Å². The molecule has 1 heteroatoms. The molecular weight excluding hydrogens is 350 g/mol. The number of allylic oxidation sites excluding steroid dienone is 6. The Morgan fingerprint density at radius 2 is 0.897 bits per heavy atom. The number of hydrogen-bond donors (Lipinski definition) is 1. The molecule has 1 nitrogen and oxygen atoms in total. The first-order valence-electron chi connectivity index (χ1n) is 12.6. The number of nitrogens with one attached hydrogen (secondary N) is 1. The second kappa shape index (κ2) is 8.74. The highest BCUT2D eigenvalue weighted by molar-refractivity contribution is 5.20. The summed E-state index contributed by atoms with van der Waals surface area (Å²) in [5.74, 6) is 5.52. The Hall–Kier alpha value is -0.820. The monoisotopic (exact) mass is 395 g/mol. The van der Waals surface area contributed by atoms with E-state index >= 15 is 0 Å². The minimum Gasteiger partial charge on any atom is -0.307 e. The lowest BCUT2D eigenvalue weighted by Crippen LogP contribution is -2.58. The average Bonchev–Trinajstić information content (AvgIpc) is 2.95. The van der Waals surface area contributed by atoms with E-state index in [1.54, 1.807) is 0 Å². The van der Waals surface area contributed by atoms with Crippen LogP contribution >= 0.6 is 0 Å². The maximum Gasteiger partial charge on any atom is 0.0132 e. The Kier molecular flexibility index (Phi) is 6.45. The molecule has 29 heavy (non-hydrogen) atoms. The summed E-state index contributed by atoms with van der Waals surface area (Å²) < 4.78 is 0. The van der Waals surface area contributed by atoms with E-state index in [-0.39, 0.29) is 0 Å². The van der Waals surface area contributed by atoms with Gasteiger partial charge in [0.05, 0.1) is 0 Å². The Labute approximate surface area is 180 Å². The van der Waals surface area contributed by atoms with Crippen LogP contribution in [0.5, 0.6) is 0 Å². The van der Waals surface area contributed by atoms with Crippen LogP contribution in [0.4, 0.5) is 0 Å². The van der Waals surface area contributed by atoms with Gasteiger partial charge in [0.1, 0.15) is 0 Å². The summed E-state index contributed by atoms with van der Waals surface area (Å²) in [6.07, 6.45) is 28.3. The highest BCUT2D eigenvalue weighted by Gasteiger charge is 2.42. The zero-order valence-corrected chi connectivity index (χ0v) is 19.5. The van der Waals surface area contributed by atoms with Crippen LogP contribution in [0, 0.1) is 35.5 Å². The second-order valence-corrected chi connectivity index (χ2v) is 12.1. The molecule has 3 fully saturated rings. The molecule has 1 aliphatic heterocycles. The van der Waals surface area contributed by atoms with E-state index in [2.05, 4.69) is 69.5 Å². The minimum atomic E-state index is 0.304. The van der Waals surface area contributed by atoms with Gasteiger partial charge >= 0.3 is 0 Å². The van der Waals surface area contributed by atoms with E-state index in [0.29, 0.717) is 17.0 Å². The first-order valence-corrected chi connectivity index (χ1v) is 12.6. The molecule has 0 spiro atoms. The van der Waals surface area contributed by atoms with Crippen LogP contribution in [0.2, 0.25) is 0 Å². The third-order valence-corrected chi connectivity index (χ3v) is 8.73. The van der Waals surface area contributed by atoms with E-state index in [4.69, 9.17) is 0 Å². The molecule has 0 radical (unpaired) electrons. The maximum atomic E-state index is 3.88. The first kappa shape index (κ1) is 21.4. The third-order valence-electron chi connectivity index (χ3n) is 8.73. The molecule has 1 saturated heterocycles. The van der Waals surface area contributed by atoms with Gasteiger partial charge in [-0.15, -0.1) is 0 Å². The van der Waals surface area contributed by atoms with Crippen molar-refractivity contribution in [3.05, 3.63) is 36.5 Å². The van der Waals surface area contributed by atoms with Crippen LogP contribution in [0.25, 0.3) is 0 Å². The molecule has 4 rings (SSSR count). The molecule has 0 bridgehead atoms. The van der Waals surface area contributed by atoms with Gasteiger partial charge in [0.25, 0.3) is 0 Å². The van der Waals surface area contributed by atoms with Gasteiger partial charge in [0, 0.05) is 11.1 Å². The normalized spacial score (nSPS) is 38.1. The highest BCUT2D eigenvalue weighted by Crippen LogP contribution is 2.47. The quantitative estimate of drug-likeness (QED) is 0.523. The number of piperidine rings is 1. The molecule has 1 heterocycles. The summed E-state index contributed by atoms with van der Waals surface area (Å²) in [4.78, 5) is 0. The predicted octanol–water partition coefficient (Wildman–Crippen LogP) is 7.45. The smallest absolute Gasteiger partial charge is 0.0132 e. The summed E-state index contributed by atoms with van der Waals surface area (Å²) in [5.41, 5.74) is 0.607. The standard InChI is InChI=1S/C28H45N/c1-27(2)19-26(20-28(3,4)29-27)25-17-15-24(16-18-25)23-13-11-22(12-14-23)21-9-7-5-6-8-10-21/h5-10,21-26,29H,11-20H2,1-4H3. The lowest BCUT2D eigenvalue weighted by Gasteiger charge is -2.50. The Morgan fingerprint density at radius 3 is 1.34 bits per heavy atom. The molecule has 162 valence electrons. The van der Waals surface area contributed by atoms with Crippen molar-refractivity contribution in [1.82, 2.24) is 5.32 Å². The van der Waals surface area contributed by atoms with Crippen LogP contribution in [-0.2, 0) is 0 Å². The largest absolute Gasteiger partial charge is 0.307 e. The van der Waals surface area contributed by atoms with Gasteiger partial charge in [-0.05, 0) is 127 Å². The lowest BCUT2D eigenvalue weighted by atomic mass is 9.63. The number of hydrogen-bond acceptors (Lipinski definition) is 1. The molecule has 0 unspecified atom stereocenters. The highest BCUT2D eigenvalue weighted by atomic mass is 15.0. The molecule has 4 aliphatic rings. The number of rotatable bonds is 3. The van der Waals surface area contributed by atoms with E-state index in [1.165, 1.54) is 64.2 Å². The summed E-state index contributed by atoms with van der Waals surface area (Å²) in [7, 11) is 0. The first-order chi connectivity index (χ1) is 13.8. The summed E-state index contributed by atoms with van der Waals surface area (Å²) in [6.45, 7) is 9.67. The van der Waals surface area contributed by atoms with Crippen molar-refractivity contribution < 1.29 is 0 Å². The summed E-state index contributed by atoms with van der Waals surface area (Å²) >= 11 is 0. The fourth-order valence-corrected chi connectivity index (χ4v) is 7.72. The minimum absolute atomic E-state index is 0.304. The van der Waals surface area contributed by atoms with E-state index in [1.807, 2.05) is 0 Å². The Balaban J connectivity index is 1.25. The van der Waals surface area contributed by atoms with Gasteiger partial charge in [0.2, 0.25) is 0 Å². The van der Waals surface area contributed by atoms with Crippen molar-refractivity contribution in [2.24, 2.45) is 35.5 Å². The second-order valence-electron chi connectivity index (χ2n) is 12.1. The zero-order chi connectivity index (χ0) is 20.5. The molecule has 1 N–H and O–H groups in total. The van der Waals surface area contributed by atoms with Gasteiger partial charge in [-0.1, -0.05) is 36.5 Å². The zero-order valence-electron chi connectivity index (χ0n) is 19.5. The van der Waals surface area contributed by atoms with Crippen LogP contribution in [-0.4, -0.2) is 11.1 Å². The SMILES string of the molecule is CC1(C)CC(C2CCC(C3CCC(C4C=CC=CC=C4)CC3)CC2)CC(C)(C)N1. The van der Waals surface area contributed by atoms with Gasteiger partial charge < -0.3 is 5.32 Å². The molecule has 0 aromatic heterocycles. The predicted molar refractivity (Wildman–Crippen MR) is 126 cm³/mol. The van der Waals surface area contributed by atoms with Crippen molar-refractivity contribution in [3.8, 4) is 0 Å². The van der Waals surface area contributed by atoms with Crippen LogP contribution in [0.3, 0.4) is 0 Å². The molecule has 0 aromatic carbocycles. The molecule has 3 aliphatic carbocycles. The van der Waals surface area contributed by atoms with Crippen molar-refractivity contribution >= 4 is 0 Å². The van der Waals surface area contributed by atoms with Gasteiger partial charge in [0.15, 0.2) is 0 Å². The van der Waals surface area contributed by atoms with Crippen molar-refractivity contribution in [1.29, 1.82) is 0 Å². The molecule has 0 amide bonds. The third kappa shape index (κ3) is 5.46.